The molecule has 0 radical (unpaired) electrons. The summed E-state index contributed by atoms with van der Waals surface area (Å²) >= 11 is 0. The summed E-state index contributed by atoms with van der Waals surface area (Å²) in [6.45, 7) is 5.59. The van der Waals surface area contributed by atoms with E-state index in [2.05, 4.69) is 20.4 Å². The van der Waals surface area contributed by atoms with Crippen LogP contribution in [0.25, 0.3) is 5.95 Å². The quantitative estimate of drug-likeness (QED) is 0.864. The van der Waals surface area contributed by atoms with Gasteiger partial charge in [-0.2, -0.15) is 9.78 Å². The van der Waals surface area contributed by atoms with Crippen molar-refractivity contribution in [3.05, 3.63) is 33.4 Å². The maximum Gasteiger partial charge on any atom is 0.255 e. The van der Waals surface area contributed by atoms with Gasteiger partial charge in [0.2, 0.25) is 11.9 Å². The molecule has 0 saturated heterocycles. The molecule has 2 N–H and O–H groups in total. The Morgan fingerprint density at radius 3 is 2.59 bits per heavy atom. The second-order valence-electron chi connectivity index (χ2n) is 8.32. The fraction of sp³-hybridized carbons (Fsp3) is 0.600. The van der Waals surface area contributed by atoms with Gasteiger partial charge in [0.15, 0.2) is 0 Å². The highest BCUT2D eigenvalue weighted by molar-refractivity contribution is 5.94. The average Bonchev–Trinajstić information content (AvgIpc) is 3.41. The largest absolute Gasteiger partial charge is 0.310 e. The lowest BCUT2D eigenvalue weighted by molar-refractivity contribution is -0.126. The van der Waals surface area contributed by atoms with Crippen molar-refractivity contribution in [1.29, 1.82) is 0 Å². The van der Waals surface area contributed by atoms with Crippen molar-refractivity contribution in [2.75, 3.05) is 5.32 Å². The average molecular weight is 369 g/mol. The van der Waals surface area contributed by atoms with Gasteiger partial charge in [-0.3, -0.25) is 14.6 Å². The zero-order chi connectivity index (χ0) is 19.2. The highest BCUT2D eigenvalue weighted by Crippen LogP contribution is 2.41. The molecule has 2 saturated carbocycles. The van der Waals surface area contributed by atoms with Crippen LogP contribution in [-0.2, 0) is 4.79 Å². The molecule has 0 atom stereocenters. The maximum atomic E-state index is 13.0. The number of H-pyrrole nitrogens is 1. The molecule has 2 aromatic rings. The van der Waals surface area contributed by atoms with Gasteiger partial charge in [0, 0.05) is 28.7 Å². The van der Waals surface area contributed by atoms with Gasteiger partial charge < -0.3 is 5.32 Å². The first-order valence-electron chi connectivity index (χ1n) is 9.87. The number of rotatable bonds is 4. The SMILES string of the molecule is Cc1nc(-n2nc(C3CC3)cc2NC(=O)C2(C)CCCCC2)[nH]c(=O)c1C. The number of aromatic amines is 1. The molecule has 7 heteroatoms. The molecule has 0 spiro atoms. The molecule has 2 heterocycles. The molecule has 2 aliphatic carbocycles. The normalized spacial score (nSPS) is 19.1. The number of nitrogens with zero attached hydrogens (tertiary/aromatic N) is 3. The Balaban J connectivity index is 1.70. The number of hydrogen-bond acceptors (Lipinski definition) is 4. The van der Waals surface area contributed by atoms with E-state index >= 15 is 0 Å². The summed E-state index contributed by atoms with van der Waals surface area (Å²) in [7, 11) is 0. The third kappa shape index (κ3) is 3.42. The van der Waals surface area contributed by atoms with Crippen LogP contribution in [0.2, 0.25) is 0 Å². The van der Waals surface area contributed by atoms with Gasteiger partial charge in [0.25, 0.3) is 5.56 Å². The topological polar surface area (TPSA) is 92.7 Å². The summed E-state index contributed by atoms with van der Waals surface area (Å²) in [5, 5.41) is 7.72. The van der Waals surface area contributed by atoms with E-state index in [4.69, 9.17) is 0 Å². The summed E-state index contributed by atoms with van der Waals surface area (Å²) in [6, 6.07) is 1.93. The molecule has 0 unspecified atom stereocenters. The minimum atomic E-state index is -0.350. The van der Waals surface area contributed by atoms with E-state index in [9.17, 15) is 9.59 Å². The predicted molar refractivity (Wildman–Crippen MR) is 103 cm³/mol. The van der Waals surface area contributed by atoms with Gasteiger partial charge in [-0.05, 0) is 39.5 Å². The maximum absolute atomic E-state index is 13.0. The molecule has 2 aromatic heterocycles. The van der Waals surface area contributed by atoms with Crippen molar-refractivity contribution in [2.45, 2.75) is 71.6 Å². The highest BCUT2D eigenvalue weighted by Gasteiger charge is 2.36. The molecule has 144 valence electrons. The Hall–Kier alpha value is -2.44. The fourth-order valence-electron chi connectivity index (χ4n) is 3.79. The van der Waals surface area contributed by atoms with E-state index in [1.54, 1.807) is 18.5 Å². The minimum absolute atomic E-state index is 0.0249. The van der Waals surface area contributed by atoms with E-state index in [-0.39, 0.29) is 16.9 Å². The summed E-state index contributed by atoms with van der Waals surface area (Å²) in [6.07, 6.45) is 7.39. The van der Waals surface area contributed by atoms with Crippen LogP contribution in [-0.4, -0.2) is 25.7 Å². The fourth-order valence-corrected chi connectivity index (χ4v) is 3.79. The van der Waals surface area contributed by atoms with Crippen molar-refractivity contribution >= 4 is 11.7 Å². The van der Waals surface area contributed by atoms with Crippen molar-refractivity contribution in [2.24, 2.45) is 5.41 Å². The van der Waals surface area contributed by atoms with E-state index in [0.717, 1.165) is 44.2 Å². The van der Waals surface area contributed by atoms with E-state index in [1.807, 2.05) is 13.0 Å². The predicted octanol–water partition coefficient (Wildman–Crippen LogP) is 3.36. The lowest BCUT2D eigenvalue weighted by Gasteiger charge is -2.31. The van der Waals surface area contributed by atoms with Gasteiger partial charge in [0.05, 0.1) is 5.69 Å². The Labute approximate surface area is 158 Å². The zero-order valence-corrected chi connectivity index (χ0v) is 16.3. The number of aromatic nitrogens is 4. The van der Waals surface area contributed by atoms with E-state index < -0.39 is 0 Å². The summed E-state index contributed by atoms with van der Waals surface area (Å²) in [4.78, 5) is 32.5. The van der Waals surface area contributed by atoms with Gasteiger partial charge in [-0.25, -0.2) is 4.98 Å². The van der Waals surface area contributed by atoms with Crippen molar-refractivity contribution in [3.8, 4) is 5.95 Å². The first-order chi connectivity index (χ1) is 12.9. The van der Waals surface area contributed by atoms with Crippen LogP contribution < -0.4 is 10.9 Å². The monoisotopic (exact) mass is 369 g/mol. The van der Waals surface area contributed by atoms with E-state index in [0.29, 0.717) is 28.9 Å². The molecule has 2 fully saturated rings. The van der Waals surface area contributed by atoms with Crippen LogP contribution in [0.1, 0.15) is 74.7 Å². The Kier molecular flexibility index (Phi) is 4.40. The highest BCUT2D eigenvalue weighted by atomic mass is 16.2. The molecule has 4 rings (SSSR count). The molecule has 7 nitrogen and oxygen atoms in total. The standard InChI is InChI=1S/C20H27N5O2/c1-12-13(2)21-19(23-17(12)26)25-16(11-15(24-25)14-7-8-14)22-18(27)20(3)9-5-4-6-10-20/h11,14H,4-10H2,1-3H3,(H,22,27)(H,21,23,26). The first kappa shape index (κ1) is 17.9. The lowest BCUT2D eigenvalue weighted by atomic mass is 9.75. The molecular weight excluding hydrogens is 342 g/mol. The molecule has 2 aliphatic rings. The van der Waals surface area contributed by atoms with Gasteiger partial charge in [-0.1, -0.05) is 26.2 Å². The Morgan fingerprint density at radius 1 is 1.26 bits per heavy atom. The van der Waals surface area contributed by atoms with E-state index in [1.165, 1.54) is 6.42 Å². The van der Waals surface area contributed by atoms with Crippen LogP contribution in [0.15, 0.2) is 10.9 Å². The van der Waals surface area contributed by atoms with Crippen molar-refractivity contribution in [3.63, 3.8) is 0 Å². The second kappa shape index (κ2) is 6.62. The van der Waals surface area contributed by atoms with Crippen molar-refractivity contribution < 1.29 is 4.79 Å². The zero-order valence-electron chi connectivity index (χ0n) is 16.3. The third-order valence-electron chi connectivity index (χ3n) is 6.05. The number of amides is 1. The number of carbonyl (C=O) groups excluding carboxylic acids is 1. The Morgan fingerprint density at radius 2 is 1.96 bits per heavy atom. The van der Waals surface area contributed by atoms with Crippen LogP contribution in [0, 0.1) is 19.3 Å². The Bertz CT molecular complexity index is 932. The molecule has 0 aliphatic heterocycles. The molecule has 1 amide bonds. The third-order valence-corrected chi connectivity index (χ3v) is 6.05. The number of nitrogens with one attached hydrogen (secondary N) is 2. The molecular formula is C20H27N5O2. The number of anilines is 1. The molecule has 0 bridgehead atoms. The summed E-state index contributed by atoms with van der Waals surface area (Å²) in [5.41, 5.74) is 1.66. The minimum Gasteiger partial charge on any atom is -0.310 e. The lowest BCUT2D eigenvalue weighted by Crippen LogP contribution is -2.36. The second-order valence-corrected chi connectivity index (χ2v) is 8.32. The van der Waals surface area contributed by atoms with Crippen LogP contribution in [0.5, 0.6) is 0 Å². The van der Waals surface area contributed by atoms with Crippen LogP contribution >= 0.6 is 0 Å². The smallest absolute Gasteiger partial charge is 0.255 e. The van der Waals surface area contributed by atoms with Crippen molar-refractivity contribution in [1.82, 2.24) is 19.7 Å². The van der Waals surface area contributed by atoms with Gasteiger partial charge >= 0.3 is 0 Å². The van der Waals surface area contributed by atoms with Crippen LogP contribution in [0.3, 0.4) is 0 Å². The van der Waals surface area contributed by atoms with Crippen LogP contribution in [0.4, 0.5) is 5.82 Å². The van der Waals surface area contributed by atoms with Gasteiger partial charge in [-0.15, -0.1) is 0 Å². The summed E-state index contributed by atoms with van der Waals surface area (Å²) < 4.78 is 1.57. The number of hydrogen-bond donors (Lipinski definition) is 2. The summed E-state index contributed by atoms with van der Waals surface area (Å²) in [5.74, 6) is 1.39. The number of carbonyl (C=O) groups is 1. The molecule has 27 heavy (non-hydrogen) atoms. The van der Waals surface area contributed by atoms with Gasteiger partial charge in [0.1, 0.15) is 5.82 Å². The number of aryl methyl sites for hydroxylation is 1. The molecule has 0 aromatic carbocycles. The first-order valence-corrected chi connectivity index (χ1v) is 9.87.